The monoisotopic (exact) mass is 269 g/mol. The number of hydrogen-bond donors (Lipinski definition) is 0. The van der Waals surface area contributed by atoms with Crippen LogP contribution in [0.5, 0.6) is 0 Å². The van der Waals surface area contributed by atoms with Crippen molar-refractivity contribution in [1.82, 2.24) is 4.98 Å². The summed E-state index contributed by atoms with van der Waals surface area (Å²) in [6.45, 7) is 6.90. The number of esters is 1. The molecule has 0 aromatic carbocycles. The molecule has 18 heavy (non-hydrogen) atoms. The average Bonchev–Trinajstić information content (AvgIpc) is 2.88. The van der Waals surface area contributed by atoms with E-state index in [1.165, 1.54) is 4.88 Å². The quantitative estimate of drug-likeness (QED) is 0.771. The molecule has 0 radical (unpaired) electrons. The van der Waals surface area contributed by atoms with E-state index in [9.17, 15) is 4.79 Å². The molecule has 1 heterocycles. The smallest absolute Gasteiger partial charge is 0.315 e. The van der Waals surface area contributed by atoms with E-state index in [0.717, 1.165) is 23.5 Å². The molecule has 1 aliphatic rings. The van der Waals surface area contributed by atoms with Crippen LogP contribution < -0.4 is 0 Å². The number of nitrogens with zero attached hydrogens (tertiary/aromatic N) is 1. The van der Waals surface area contributed by atoms with E-state index in [0.29, 0.717) is 13.2 Å². The third kappa shape index (κ3) is 2.57. The lowest BCUT2D eigenvalue weighted by Gasteiger charge is -2.10. The standard InChI is InChI=1S/C13H19NO3S/c1-4-16-8(3)12-14-11-9(13(15)17-5-2)6-7-10(11)18-12/h8-9H,4-7H2,1-3H3. The van der Waals surface area contributed by atoms with Crippen LogP contribution in [0.25, 0.3) is 0 Å². The maximum atomic E-state index is 11.8. The molecular formula is C13H19NO3S. The SMILES string of the molecule is CCOC(=O)C1CCc2sc(C(C)OCC)nc21. The van der Waals surface area contributed by atoms with Gasteiger partial charge in [0.05, 0.1) is 12.3 Å². The van der Waals surface area contributed by atoms with Gasteiger partial charge in [0.25, 0.3) is 0 Å². The largest absolute Gasteiger partial charge is 0.465 e. The summed E-state index contributed by atoms with van der Waals surface area (Å²) in [6.07, 6.45) is 1.76. The molecule has 2 atom stereocenters. The highest BCUT2D eigenvalue weighted by atomic mass is 32.1. The van der Waals surface area contributed by atoms with Crippen LogP contribution in [0.1, 0.15) is 54.8 Å². The van der Waals surface area contributed by atoms with E-state index in [4.69, 9.17) is 9.47 Å². The van der Waals surface area contributed by atoms with Gasteiger partial charge >= 0.3 is 5.97 Å². The van der Waals surface area contributed by atoms with Crippen molar-refractivity contribution in [3.63, 3.8) is 0 Å². The van der Waals surface area contributed by atoms with Crippen LogP contribution in [-0.4, -0.2) is 24.2 Å². The van der Waals surface area contributed by atoms with E-state index in [1.54, 1.807) is 11.3 Å². The molecule has 2 unspecified atom stereocenters. The van der Waals surface area contributed by atoms with E-state index >= 15 is 0 Å². The Balaban J connectivity index is 2.15. The molecule has 0 aliphatic heterocycles. The van der Waals surface area contributed by atoms with Crippen molar-refractivity contribution in [2.45, 2.75) is 45.6 Å². The minimum atomic E-state index is -0.168. The molecule has 0 fully saturated rings. The molecule has 5 heteroatoms. The minimum absolute atomic E-state index is 0.00782. The molecule has 1 aromatic heterocycles. The van der Waals surface area contributed by atoms with E-state index in [2.05, 4.69) is 4.98 Å². The lowest BCUT2D eigenvalue weighted by atomic mass is 10.1. The Morgan fingerprint density at radius 1 is 1.50 bits per heavy atom. The average molecular weight is 269 g/mol. The first-order valence-electron chi connectivity index (χ1n) is 6.45. The molecule has 0 N–H and O–H groups in total. The van der Waals surface area contributed by atoms with Crippen molar-refractivity contribution in [2.75, 3.05) is 13.2 Å². The Kier molecular flexibility index (Phi) is 4.35. The van der Waals surface area contributed by atoms with Crippen LogP contribution in [0.15, 0.2) is 0 Å². The number of aromatic nitrogens is 1. The topological polar surface area (TPSA) is 48.4 Å². The van der Waals surface area contributed by atoms with Gasteiger partial charge in [-0.1, -0.05) is 0 Å². The second-order valence-electron chi connectivity index (χ2n) is 4.30. The first kappa shape index (κ1) is 13.5. The predicted molar refractivity (Wildman–Crippen MR) is 69.9 cm³/mol. The van der Waals surface area contributed by atoms with Gasteiger partial charge in [-0.05, 0) is 33.6 Å². The van der Waals surface area contributed by atoms with Crippen molar-refractivity contribution in [3.8, 4) is 0 Å². The molecule has 0 bridgehead atoms. The lowest BCUT2D eigenvalue weighted by molar-refractivity contribution is -0.145. The van der Waals surface area contributed by atoms with Crippen LogP contribution in [0.3, 0.4) is 0 Å². The number of fused-ring (bicyclic) bond motifs is 1. The minimum Gasteiger partial charge on any atom is -0.465 e. The number of ether oxygens (including phenoxy) is 2. The van der Waals surface area contributed by atoms with Crippen LogP contribution >= 0.6 is 11.3 Å². The Morgan fingerprint density at radius 2 is 2.28 bits per heavy atom. The van der Waals surface area contributed by atoms with Crippen LogP contribution in [-0.2, 0) is 20.7 Å². The van der Waals surface area contributed by atoms with Crippen LogP contribution in [0.4, 0.5) is 0 Å². The molecule has 1 aromatic rings. The van der Waals surface area contributed by atoms with Crippen molar-refractivity contribution < 1.29 is 14.3 Å². The zero-order valence-electron chi connectivity index (χ0n) is 11.1. The summed E-state index contributed by atoms with van der Waals surface area (Å²) in [4.78, 5) is 17.6. The molecule has 1 aliphatic carbocycles. The maximum Gasteiger partial charge on any atom is 0.315 e. The lowest BCUT2D eigenvalue weighted by Crippen LogP contribution is -2.14. The normalized spacial score (nSPS) is 19.6. The highest BCUT2D eigenvalue weighted by molar-refractivity contribution is 7.11. The zero-order chi connectivity index (χ0) is 13.1. The predicted octanol–water partition coefficient (Wildman–Crippen LogP) is 2.83. The number of carbonyl (C=O) groups excluding carboxylic acids is 1. The number of carbonyl (C=O) groups is 1. The molecule has 0 saturated carbocycles. The molecule has 0 saturated heterocycles. The number of hydrogen-bond acceptors (Lipinski definition) is 5. The van der Waals surface area contributed by atoms with Gasteiger partial charge in [0, 0.05) is 11.5 Å². The molecule has 100 valence electrons. The van der Waals surface area contributed by atoms with Crippen LogP contribution in [0.2, 0.25) is 0 Å². The first-order valence-corrected chi connectivity index (χ1v) is 7.26. The molecule has 4 nitrogen and oxygen atoms in total. The fourth-order valence-corrected chi connectivity index (χ4v) is 3.36. The van der Waals surface area contributed by atoms with E-state index in [1.807, 2.05) is 20.8 Å². The van der Waals surface area contributed by atoms with Crippen molar-refractivity contribution in [1.29, 1.82) is 0 Å². The summed E-state index contributed by atoms with van der Waals surface area (Å²) in [7, 11) is 0. The summed E-state index contributed by atoms with van der Waals surface area (Å²) in [5.41, 5.74) is 0.917. The van der Waals surface area contributed by atoms with Gasteiger partial charge < -0.3 is 9.47 Å². The molecule has 2 rings (SSSR count). The van der Waals surface area contributed by atoms with Gasteiger partial charge in [0.1, 0.15) is 17.0 Å². The van der Waals surface area contributed by atoms with Gasteiger partial charge in [0.2, 0.25) is 0 Å². The maximum absolute atomic E-state index is 11.8. The highest BCUT2D eigenvalue weighted by Gasteiger charge is 2.34. The first-order chi connectivity index (χ1) is 8.67. The number of thiazole rings is 1. The molecule has 0 amide bonds. The molecular weight excluding hydrogens is 250 g/mol. The third-order valence-electron chi connectivity index (χ3n) is 3.07. The summed E-state index contributed by atoms with van der Waals surface area (Å²) >= 11 is 1.67. The second-order valence-corrected chi connectivity index (χ2v) is 5.42. The zero-order valence-corrected chi connectivity index (χ0v) is 11.9. The summed E-state index contributed by atoms with van der Waals surface area (Å²) in [6, 6.07) is 0. The van der Waals surface area contributed by atoms with E-state index in [-0.39, 0.29) is 18.0 Å². The fourth-order valence-electron chi connectivity index (χ4n) is 2.21. The number of aryl methyl sites for hydroxylation is 1. The van der Waals surface area contributed by atoms with Crippen LogP contribution in [0, 0.1) is 0 Å². The Bertz CT molecular complexity index is 430. The van der Waals surface area contributed by atoms with Crippen molar-refractivity contribution in [2.24, 2.45) is 0 Å². The summed E-state index contributed by atoms with van der Waals surface area (Å²) < 4.78 is 10.6. The molecule has 0 spiro atoms. The van der Waals surface area contributed by atoms with Gasteiger partial charge in [-0.3, -0.25) is 4.79 Å². The second kappa shape index (κ2) is 5.80. The van der Waals surface area contributed by atoms with Gasteiger partial charge in [-0.15, -0.1) is 11.3 Å². The van der Waals surface area contributed by atoms with E-state index < -0.39 is 0 Å². The Labute approximate surface area is 111 Å². The Hall–Kier alpha value is -0.940. The fraction of sp³-hybridized carbons (Fsp3) is 0.692. The number of rotatable bonds is 5. The van der Waals surface area contributed by atoms with Gasteiger partial charge in [0.15, 0.2) is 0 Å². The van der Waals surface area contributed by atoms with Gasteiger partial charge in [-0.25, -0.2) is 4.98 Å². The van der Waals surface area contributed by atoms with Crippen molar-refractivity contribution in [3.05, 3.63) is 15.6 Å². The summed E-state index contributed by atoms with van der Waals surface area (Å²) in [5, 5.41) is 0.968. The third-order valence-corrected chi connectivity index (χ3v) is 4.36. The summed E-state index contributed by atoms with van der Waals surface area (Å²) in [5.74, 6) is -0.309. The van der Waals surface area contributed by atoms with Crippen molar-refractivity contribution >= 4 is 17.3 Å². The van der Waals surface area contributed by atoms with Gasteiger partial charge in [-0.2, -0.15) is 0 Å². The highest BCUT2D eigenvalue weighted by Crippen LogP contribution is 2.39. The Morgan fingerprint density at radius 3 is 2.94 bits per heavy atom.